The highest BCUT2D eigenvalue weighted by atomic mass is 32.2. The van der Waals surface area contributed by atoms with Crippen molar-refractivity contribution in [2.24, 2.45) is 10.9 Å². The van der Waals surface area contributed by atoms with Gasteiger partial charge in [-0.15, -0.1) is 0 Å². The predicted octanol–water partition coefficient (Wildman–Crippen LogP) is 1.49. The Labute approximate surface area is 181 Å². The van der Waals surface area contributed by atoms with E-state index in [2.05, 4.69) is 20.0 Å². The number of rotatable bonds is 9. The molecule has 0 radical (unpaired) electrons. The number of fused-ring (bicyclic) bond motifs is 1. The first-order chi connectivity index (χ1) is 14.8. The van der Waals surface area contributed by atoms with Crippen LogP contribution in [0.1, 0.15) is 25.0 Å². The van der Waals surface area contributed by atoms with Crippen LogP contribution in [0.2, 0.25) is 0 Å². The van der Waals surface area contributed by atoms with Gasteiger partial charge in [0.1, 0.15) is 18.5 Å². The van der Waals surface area contributed by atoms with Gasteiger partial charge in [-0.2, -0.15) is 0 Å². The molecule has 2 aromatic rings. The van der Waals surface area contributed by atoms with Crippen molar-refractivity contribution in [1.82, 2.24) is 15.0 Å². The van der Waals surface area contributed by atoms with Crippen LogP contribution in [0.25, 0.3) is 0 Å². The number of methoxy groups -OCH3 is 1. The lowest BCUT2D eigenvalue weighted by Gasteiger charge is -2.17. The Balaban J connectivity index is 1.67. The molecule has 10 heteroatoms. The van der Waals surface area contributed by atoms with Gasteiger partial charge in [0.15, 0.2) is 0 Å². The Bertz CT molecular complexity index is 1050. The molecule has 1 atom stereocenters. The van der Waals surface area contributed by atoms with Gasteiger partial charge in [-0.3, -0.25) is 14.5 Å². The van der Waals surface area contributed by atoms with Crippen LogP contribution < -0.4 is 14.8 Å². The van der Waals surface area contributed by atoms with Crippen LogP contribution in [0, 0.1) is 5.92 Å². The molecule has 9 nitrogen and oxygen atoms in total. The number of amidine groups is 1. The minimum absolute atomic E-state index is 0.139. The summed E-state index contributed by atoms with van der Waals surface area (Å²) in [6.07, 6.45) is 1.63. The number of nitrogens with one attached hydrogen (secondary N) is 2. The molecule has 1 aromatic carbocycles. The van der Waals surface area contributed by atoms with Crippen molar-refractivity contribution in [3.8, 4) is 5.88 Å². The zero-order valence-corrected chi connectivity index (χ0v) is 18.5. The number of hydrogen-bond donors (Lipinski definition) is 2. The van der Waals surface area contributed by atoms with Crippen molar-refractivity contribution in [2.45, 2.75) is 31.3 Å². The highest BCUT2D eigenvalue weighted by Crippen LogP contribution is 2.23. The summed E-state index contributed by atoms with van der Waals surface area (Å²) in [4.78, 5) is 21.6. The minimum atomic E-state index is -3.66. The zero-order chi connectivity index (χ0) is 22.4. The summed E-state index contributed by atoms with van der Waals surface area (Å²) in [5, 5.41) is 2.85. The molecule has 1 aromatic heterocycles. The first kappa shape index (κ1) is 22.7. The number of pyridine rings is 1. The molecular weight excluding hydrogens is 420 g/mol. The van der Waals surface area contributed by atoms with E-state index in [1.807, 2.05) is 19.9 Å². The monoisotopic (exact) mass is 446 g/mol. The van der Waals surface area contributed by atoms with Crippen molar-refractivity contribution in [3.63, 3.8) is 0 Å². The van der Waals surface area contributed by atoms with Gasteiger partial charge in [-0.25, -0.2) is 13.4 Å². The Morgan fingerprint density at radius 2 is 1.97 bits per heavy atom. The summed E-state index contributed by atoms with van der Waals surface area (Å²) in [5.74, 6) is 0.223. The van der Waals surface area contributed by atoms with Crippen molar-refractivity contribution < 1.29 is 22.7 Å². The second kappa shape index (κ2) is 9.88. The summed E-state index contributed by atoms with van der Waals surface area (Å²) in [5.41, 5.74) is 1.27. The number of aliphatic imine (C=N–C) groups is 1. The number of carbonyl (C=O) groups excluding carboxylic acids is 1. The third-order valence-corrected chi connectivity index (χ3v) is 6.03. The van der Waals surface area contributed by atoms with E-state index in [1.165, 1.54) is 6.07 Å². The average molecular weight is 447 g/mol. The Hall–Kier alpha value is -2.98. The number of ether oxygens (including phenoxy) is 2. The molecule has 2 heterocycles. The van der Waals surface area contributed by atoms with Gasteiger partial charge in [0.25, 0.3) is 10.0 Å². The second-order valence-electron chi connectivity index (χ2n) is 7.33. The summed E-state index contributed by atoms with van der Waals surface area (Å²) in [7, 11) is -2.06. The van der Waals surface area contributed by atoms with E-state index < -0.39 is 16.1 Å². The molecule has 3 rings (SSSR count). The molecule has 0 bridgehead atoms. The number of carbonyl (C=O) groups is 1. The SMILES string of the molecule is COCCOc1ccc(CNC(=O)[C@@H](N=C2NS(=O)(=O)c3ccccc32)C(C)C)cn1. The van der Waals surface area contributed by atoms with Crippen LogP contribution in [0.5, 0.6) is 5.88 Å². The van der Waals surface area contributed by atoms with Gasteiger partial charge < -0.3 is 14.8 Å². The molecule has 0 aliphatic carbocycles. The summed E-state index contributed by atoms with van der Waals surface area (Å²) < 4.78 is 37.4. The van der Waals surface area contributed by atoms with Gasteiger partial charge in [-0.05, 0) is 23.6 Å². The number of amides is 1. The van der Waals surface area contributed by atoms with E-state index in [-0.39, 0.29) is 29.1 Å². The molecule has 0 saturated carbocycles. The number of benzene rings is 1. The van der Waals surface area contributed by atoms with E-state index in [1.54, 1.807) is 37.6 Å². The van der Waals surface area contributed by atoms with Crippen molar-refractivity contribution in [2.75, 3.05) is 20.3 Å². The molecule has 2 N–H and O–H groups in total. The topological polar surface area (TPSA) is 119 Å². The summed E-state index contributed by atoms with van der Waals surface area (Å²) >= 11 is 0. The molecule has 0 fully saturated rings. The van der Waals surface area contributed by atoms with E-state index in [0.717, 1.165) is 5.56 Å². The van der Waals surface area contributed by atoms with Gasteiger partial charge >= 0.3 is 0 Å². The second-order valence-corrected chi connectivity index (χ2v) is 8.98. The standard InChI is InChI=1S/C21H26N4O5S/c1-14(2)19(24-20-16-6-4-5-7-17(16)31(27,28)25-20)21(26)23-13-15-8-9-18(22-12-15)30-11-10-29-3/h4-9,12,14,19H,10-11,13H2,1-3H3,(H,23,26)(H,24,25)/t19-/m0/s1. The molecule has 0 spiro atoms. The van der Waals surface area contributed by atoms with Crippen LogP contribution in [-0.2, 0) is 26.1 Å². The van der Waals surface area contributed by atoms with Crippen LogP contribution in [0.15, 0.2) is 52.5 Å². The first-order valence-corrected chi connectivity index (χ1v) is 11.3. The fraction of sp³-hybridized carbons (Fsp3) is 0.381. The van der Waals surface area contributed by atoms with Gasteiger partial charge in [0.05, 0.1) is 11.5 Å². The fourth-order valence-corrected chi connectivity index (χ4v) is 4.24. The largest absolute Gasteiger partial charge is 0.475 e. The van der Waals surface area contributed by atoms with Crippen LogP contribution >= 0.6 is 0 Å². The molecule has 1 aliphatic heterocycles. The summed E-state index contributed by atoms with van der Waals surface area (Å²) in [6, 6.07) is 9.35. The van der Waals surface area contributed by atoms with E-state index in [4.69, 9.17) is 9.47 Å². The van der Waals surface area contributed by atoms with Gasteiger partial charge in [0, 0.05) is 31.5 Å². The molecule has 1 amide bonds. The molecule has 1 aliphatic rings. The predicted molar refractivity (Wildman–Crippen MR) is 115 cm³/mol. The van der Waals surface area contributed by atoms with Crippen LogP contribution in [0.3, 0.4) is 0 Å². The minimum Gasteiger partial charge on any atom is -0.475 e. The molecule has 31 heavy (non-hydrogen) atoms. The molecule has 0 saturated heterocycles. The van der Waals surface area contributed by atoms with Crippen LogP contribution in [0.4, 0.5) is 0 Å². The Kier molecular flexibility index (Phi) is 7.24. The van der Waals surface area contributed by atoms with Gasteiger partial charge in [-0.1, -0.05) is 32.0 Å². The lowest BCUT2D eigenvalue weighted by Crippen LogP contribution is -2.38. The van der Waals surface area contributed by atoms with E-state index >= 15 is 0 Å². The van der Waals surface area contributed by atoms with Crippen molar-refractivity contribution >= 4 is 21.8 Å². The maximum Gasteiger partial charge on any atom is 0.263 e. The van der Waals surface area contributed by atoms with Crippen LogP contribution in [-0.4, -0.2) is 51.5 Å². The Morgan fingerprint density at radius 1 is 1.19 bits per heavy atom. The van der Waals surface area contributed by atoms with Gasteiger partial charge in [0.2, 0.25) is 11.8 Å². The molecule has 0 unspecified atom stereocenters. The summed E-state index contributed by atoms with van der Waals surface area (Å²) in [6.45, 7) is 4.86. The highest BCUT2D eigenvalue weighted by molar-refractivity contribution is 7.90. The fourth-order valence-electron chi connectivity index (χ4n) is 3.00. The first-order valence-electron chi connectivity index (χ1n) is 9.86. The third kappa shape index (κ3) is 5.59. The van der Waals surface area contributed by atoms with Crippen molar-refractivity contribution in [3.05, 3.63) is 53.7 Å². The number of nitrogens with zero attached hydrogens (tertiary/aromatic N) is 2. The number of hydrogen-bond acceptors (Lipinski definition) is 7. The zero-order valence-electron chi connectivity index (χ0n) is 17.7. The normalized spacial score (nSPS) is 16.6. The number of aromatic nitrogens is 1. The smallest absolute Gasteiger partial charge is 0.263 e. The highest BCUT2D eigenvalue weighted by Gasteiger charge is 2.32. The average Bonchev–Trinajstić information content (AvgIpc) is 3.01. The maximum atomic E-state index is 12.8. The van der Waals surface area contributed by atoms with Crippen molar-refractivity contribution in [1.29, 1.82) is 0 Å². The lowest BCUT2D eigenvalue weighted by molar-refractivity contribution is -0.123. The maximum absolute atomic E-state index is 12.8. The van der Waals surface area contributed by atoms with E-state index in [9.17, 15) is 13.2 Å². The lowest BCUT2D eigenvalue weighted by atomic mass is 10.0. The quantitative estimate of drug-likeness (QED) is 0.563. The van der Waals surface area contributed by atoms with E-state index in [0.29, 0.717) is 24.7 Å². The number of sulfonamides is 1. The molecule has 166 valence electrons. The Morgan fingerprint density at radius 3 is 2.65 bits per heavy atom. The third-order valence-electron chi connectivity index (χ3n) is 4.63. The molecular formula is C21H26N4O5S.